The van der Waals surface area contributed by atoms with Crippen molar-refractivity contribution < 1.29 is 36.4 Å². The standard InChI is InChI=1S/C26H30F3N3O5S/c1-15(33)37-26(2,3)25(34)32-8-7-22(31-38(30,35)20-13-36-14-20)23(32)11-16-5-4-6-21(24(16)29)17-9-18(27)12-19(28)10-17/h4-6,9-10,12,20,22-23H,7-8,11,13-14H2,1-3H3,(H2,30,31,35)/t22-,23-,38?/m0/s1. The fraction of sp³-hybridized carbons (Fsp3) is 0.462. The Hall–Kier alpha value is -2.96. The number of carbonyl (C=O) groups is 2. The molecule has 12 heteroatoms. The zero-order chi connectivity index (χ0) is 27.8. The highest BCUT2D eigenvalue weighted by Gasteiger charge is 2.45. The lowest BCUT2D eigenvalue weighted by molar-refractivity contribution is -0.169. The van der Waals surface area contributed by atoms with Crippen LogP contribution in [-0.4, -0.2) is 63.7 Å². The van der Waals surface area contributed by atoms with E-state index in [1.54, 1.807) is 6.07 Å². The molecule has 8 nitrogen and oxygen atoms in total. The summed E-state index contributed by atoms with van der Waals surface area (Å²) in [5.41, 5.74) is -1.34. The van der Waals surface area contributed by atoms with Crippen LogP contribution < -0.4 is 4.72 Å². The highest BCUT2D eigenvalue weighted by Crippen LogP contribution is 2.31. The Morgan fingerprint density at radius 2 is 1.84 bits per heavy atom. The number of benzene rings is 2. The number of amides is 1. The molecule has 1 amide bonds. The minimum Gasteiger partial charge on any atom is -0.450 e. The van der Waals surface area contributed by atoms with Gasteiger partial charge < -0.3 is 14.4 Å². The van der Waals surface area contributed by atoms with Crippen molar-refractivity contribution in [3.8, 4) is 11.1 Å². The van der Waals surface area contributed by atoms with Crippen molar-refractivity contribution in [2.24, 2.45) is 0 Å². The highest BCUT2D eigenvalue weighted by atomic mass is 32.2. The molecule has 38 heavy (non-hydrogen) atoms. The molecule has 2 aliphatic rings. The molecular formula is C26H30F3N3O5S. The van der Waals surface area contributed by atoms with Gasteiger partial charge >= 0.3 is 5.97 Å². The maximum absolute atomic E-state index is 15.7. The SMILES string of the molecule is CC(=O)OC(C)(C)C(=O)N1CC[C@H](NS(=N)(=O)C2COC2)[C@@H]1Cc1cccc(-c2cc(F)cc(F)c2)c1F. The first-order chi connectivity index (χ1) is 17.8. The Bertz CT molecular complexity index is 1330. The maximum atomic E-state index is 15.7. The quantitative estimate of drug-likeness (QED) is 0.486. The minimum absolute atomic E-state index is 0.0163. The molecule has 2 N–H and O–H groups in total. The maximum Gasteiger partial charge on any atom is 0.303 e. The van der Waals surface area contributed by atoms with E-state index >= 15 is 4.39 Å². The lowest BCUT2D eigenvalue weighted by Gasteiger charge is -2.36. The summed E-state index contributed by atoms with van der Waals surface area (Å²) in [5, 5.41) is -0.506. The van der Waals surface area contributed by atoms with Gasteiger partial charge in [-0.25, -0.2) is 26.9 Å². The second kappa shape index (κ2) is 10.7. The average molecular weight is 554 g/mol. The molecule has 2 aromatic carbocycles. The van der Waals surface area contributed by atoms with E-state index in [0.29, 0.717) is 12.5 Å². The van der Waals surface area contributed by atoms with Crippen LogP contribution in [0.5, 0.6) is 0 Å². The molecule has 4 rings (SSSR count). The first-order valence-corrected chi connectivity index (χ1v) is 13.8. The van der Waals surface area contributed by atoms with Crippen LogP contribution in [0.25, 0.3) is 11.1 Å². The normalized spacial score (nSPS) is 21.6. The number of carbonyl (C=O) groups excluding carboxylic acids is 2. The summed E-state index contributed by atoms with van der Waals surface area (Å²) in [5.74, 6) is -3.57. The molecule has 0 radical (unpaired) electrons. The van der Waals surface area contributed by atoms with Crippen molar-refractivity contribution in [2.45, 2.75) is 56.5 Å². The third kappa shape index (κ3) is 5.87. The van der Waals surface area contributed by atoms with Gasteiger partial charge in [-0.1, -0.05) is 18.2 Å². The van der Waals surface area contributed by atoms with Crippen LogP contribution in [0.2, 0.25) is 0 Å². The molecule has 0 saturated carbocycles. The van der Waals surface area contributed by atoms with Crippen LogP contribution in [-0.2, 0) is 35.4 Å². The van der Waals surface area contributed by atoms with Gasteiger partial charge in [0.15, 0.2) is 5.60 Å². The summed E-state index contributed by atoms with van der Waals surface area (Å²) >= 11 is 0. The van der Waals surface area contributed by atoms with Crippen molar-refractivity contribution >= 4 is 21.8 Å². The van der Waals surface area contributed by atoms with Gasteiger partial charge in [0.05, 0.1) is 19.3 Å². The Labute approximate surface area is 219 Å². The fourth-order valence-corrected chi connectivity index (χ4v) is 6.36. The van der Waals surface area contributed by atoms with Gasteiger partial charge in [-0.3, -0.25) is 9.59 Å². The van der Waals surface area contributed by atoms with E-state index in [4.69, 9.17) is 14.3 Å². The summed E-state index contributed by atoms with van der Waals surface area (Å²) < 4.78 is 78.0. The van der Waals surface area contributed by atoms with Gasteiger partial charge in [-0.15, -0.1) is 0 Å². The third-order valence-electron chi connectivity index (χ3n) is 6.81. The smallest absolute Gasteiger partial charge is 0.303 e. The Morgan fingerprint density at radius 1 is 1.18 bits per heavy atom. The van der Waals surface area contributed by atoms with Crippen molar-refractivity contribution in [3.63, 3.8) is 0 Å². The summed E-state index contributed by atoms with van der Waals surface area (Å²) in [7, 11) is -3.28. The van der Waals surface area contributed by atoms with Crippen LogP contribution in [0.4, 0.5) is 13.2 Å². The molecule has 1 unspecified atom stereocenters. The zero-order valence-corrected chi connectivity index (χ0v) is 22.1. The molecule has 2 fully saturated rings. The predicted molar refractivity (Wildman–Crippen MR) is 134 cm³/mol. The van der Waals surface area contributed by atoms with Crippen LogP contribution in [0.1, 0.15) is 32.8 Å². The van der Waals surface area contributed by atoms with Crippen molar-refractivity contribution in [1.29, 1.82) is 4.78 Å². The second-order valence-electron chi connectivity index (χ2n) is 10.1. The van der Waals surface area contributed by atoms with E-state index in [1.165, 1.54) is 37.8 Å². The van der Waals surface area contributed by atoms with E-state index in [2.05, 4.69) is 4.72 Å². The Kier molecular flexibility index (Phi) is 7.87. The van der Waals surface area contributed by atoms with Crippen molar-refractivity contribution in [2.75, 3.05) is 19.8 Å². The summed E-state index contributed by atoms with van der Waals surface area (Å²) in [6.07, 6.45) is 0.278. The van der Waals surface area contributed by atoms with E-state index < -0.39 is 62.2 Å². The number of halogens is 3. The number of nitrogens with one attached hydrogen (secondary N) is 2. The molecule has 2 aromatic rings. The molecule has 3 atom stereocenters. The summed E-state index contributed by atoms with van der Waals surface area (Å²) in [4.78, 5) is 26.5. The van der Waals surface area contributed by atoms with Gasteiger partial charge in [-0.05, 0) is 49.9 Å². The van der Waals surface area contributed by atoms with Gasteiger partial charge in [0.1, 0.15) is 32.6 Å². The van der Waals surface area contributed by atoms with Crippen molar-refractivity contribution in [3.05, 3.63) is 59.4 Å². The number of esters is 1. The lowest BCUT2D eigenvalue weighted by Crippen LogP contribution is -2.55. The lowest BCUT2D eigenvalue weighted by atomic mass is 9.95. The number of hydrogen-bond donors (Lipinski definition) is 2. The summed E-state index contributed by atoms with van der Waals surface area (Å²) in [6, 6.07) is 5.81. The van der Waals surface area contributed by atoms with Crippen molar-refractivity contribution in [1.82, 2.24) is 9.62 Å². The summed E-state index contributed by atoms with van der Waals surface area (Å²) in [6.45, 7) is 4.64. The van der Waals surface area contributed by atoms with Crippen LogP contribution in [0, 0.1) is 22.2 Å². The van der Waals surface area contributed by atoms with Gasteiger partial charge in [-0.2, -0.15) is 0 Å². The number of rotatable bonds is 8. The average Bonchev–Trinajstić information content (AvgIpc) is 3.12. The molecule has 0 aliphatic carbocycles. The monoisotopic (exact) mass is 553 g/mol. The molecule has 2 aliphatic heterocycles. The third-order valence-corrected chi connectivity index (χ3v) is 8.67. The largest absolute Gasteiger partial charge is 0.450 e. The van der Waals surface area contributed by atoms with Crippen LogP contribution in [0.15, 0.2) is 36.4 Å². The van der Waals surface area contributed by atoms with E-state index in [0.717, 1.165) is 12.1 Å². The molecule has 0 spiro atoms. The second-order valence-corrected chi connectivity index (χ2v) is 12.2. The molecular weight excluding hydrogens is 523 g/mol. The molecule has 206 valence electrons. The highest BCUT2D eigenvalue weighted by molar-refractivity contribution is 7.91. The first kappa shape index (κ1) is 28.1. The Morgan fingerprint density at radius 3 is 2.42 bits per heavy atom. The minimum atomic E-state index is -3.28. The van der Waals surface area contributed by atoms with E-state index in [1.807, 2.05) is 0 Å². The van der Waals surface area contributed by atoms with Gasteiger partial charge in [0.25, 0.3) is 5.91 Å². The number of likely N-dealkylation sites (tertiary alicyclic amines) is 1. The zero-order valence-electron chi connectivity index (χ0n) is 21.3. The Balaban J connectivity index is 1.68. The van der Waals surface area contributed by atoms with Gasteiger partial charge in [0.2, 0.25) is 0 Å². The molecule has 2 heterocycles. The topological polar surface area (TPSA) is 109 Å². The number of nitrogens with zero attached hydrogens (tertiary/aromatic N) is 1. The molecule has 2 saturated heterocycles. The molecule has 0 aromatic heterocycles. The van der Waals surface area contributed by atoms with E-state index in [-0.39, 0.29) is 42.9 Å². The fourth-order valence-electron chi connectivity index (χ4n) is 4.87. The van der Waals surface area contributed by atoms with Crippen LogP contribution in [0.3, 0.4) is 0 Å². The van der Waals surface area contributed by atoms with E-state index in [9.17, 15) is 22.6 Å². The predicted octanol–water partition coefficient (Wildman–Crippen LogP) is 3.57. The molecule has 0 bridgehead atoms. The van der Waals surface area contributed by atoms with Crippen LogP contribution >= 0.6 is 0 Å². The number of ether oxygens (including phenoxy) is 2. The van der Waals surface area contributed by atoms with Gasteiger partial charge in [0, 0.05) is 31.1 Å². The number of hydrogen-bond acceptors (Lipinski definition) is 6. The first-order valence-electron chi connectivity index (χ1n) is 12.2.